The number of benzene rings is 3. The maximum Gasteiger partial charge on any atom is 0.331 e. The van der Waals surface area contributed by atoms with Crippen molar-refractivity contribution in [1.82, 2.24) is 10.2 Å². The second kappa shape index (κ2) is 14.5. The third kappa shape index (κ3) is 7.62. The number of hydrogen-bond acceptors (Lipinski definition) is 7. The van der Waals surface area contributed by atoms with Gasteiger partial charge in [-0.3, -0.25) is 19.8 Å². The molecule has 0 saturated carbocycles. The Morgan fingerprint density at radius 2 is 1.64 bits per heavy atom. The van der Waals surface area contributed by atoms with Gasteiger partial charge in [0.05, 0.1) is 30.4 Å². The molecule has 9 nitrogen and oxygen atoms in total. The molecule has 0 unspecified atom stereocenters. The summed E-state index contributed by atoms with van der Waals surface area (Å²) in [7, 11) is 1.52. The van der Waals surface area contributed by atoms with Crippen LogP contribution in [-0.2, 0) is 22.7 Å². The minimum atomic E-state index is -0.796. The number of hydrogen-bond donors (Lipinski definition) is 1. The molecule has 0 radical (unpaired) electrons. The van der Waals surface area contributed by atoms with Crippen LogP contribution in [0.2, 0.25) is 0 Å². The maximum absolute atomic E-state index is 13.4. The Morgan fingerprint density at radius 3 is 2.33 bits per heavy atom. The first-order chi connectivity index (χ1) is 20.2. The number of ether oxygens (including phenoxy) is 4. The average molecular weight is 749 g/mol. The van der Waals surface area contributed by atoms with E-state index in [1.54, 1.807) is 30.3 Å². The number of halogens is 2. The predicted molar refractivity (Wildman–Crippen MR) is 170 cm³/mol. The Kier molecular flexibility index (Phi) is 10.9. The molecule has 1 N–H and O–H groups in total. The second-order valence-corrected chi connectivity index (χ2v) is 11.3. The number of rotatable bonds is 12. The Balaban J connectivity index is 1.57. The highest BCUT2D eigenvalue weighted by Gasteiger charge is 2.36. The van der Waals surface area contributed by atoms with Crippen LogP contribution in [-0.4, -0.2) is 43.1 Å². The minimum absolute atomic E-state index is 0.0624. The molecule has 220 valence electrons. The lowest BCUT2D eigenvalue weighted by Gasteiger charge is -2.26. The van der Waals surface area contributed by atoms with Crippen LogP contribution >= 0.6 is 38.5 Å². The van der Waals surface area contributed by atoms with E-state index in [2.05, 4.69) is 43.8 Å². The smallest absolute Gasteiger partial charge is 0.331 e. The van der Waals surface area contributed by atoms with E-state index in [9.17, 15) is 14.4 Å². The summed E-state index contributed by atoms with van der Waals surface area (Å²) in [6, 6.07) is 15.7. The molecular weight excluding hydrogens is 719 g/mol. The molecule has 0 atom stereocenters. The van der Waals surface area contributed by atoms with Crippen molar-refractivity contribution in [3.8, 4) is 23.0 Å². The van der Waals surface area contributed by atoms with Gasteiger partial charge in [0.2, 0.25) is 0 Å². The van der Waals surface area contributed by atoms with Crippen molar-refractivity contribution in [2.24, 2.45) is 0 Å². The number of carbonyl (C=O) groups excluding carboxylic acids is 3. The second-order valence-electron chi connectivity index (χ2n) is 9.22. The highest BCUT2D eigenvalue weighted by molar-refractivity contribution is 14.1. The van der Waals surface area contributed by atoms with Crippen LogP contribution < -0.4 is 24.3 Å². The fourth-order valence-electron chi connectivity index (χ4n) is 4.14. The highest BCUT2D eigenvalue weighted by atomic mass is 127. The third-order valence-electron chi connectivity index (χ3n) is 6.16. The molecule has 1 saturated heterocycles. The van der Waals surface area contributed by atoms with Crippen molar-refractivity contribution >= 4 is 62.4 Å². The maximum atomic E-state index is 13.4. The van der Waals surface area contributed by atoms with E-state index in [1.807, 2.05) is 38.1 Å². The molecule has 1 heterocycles. The van der Waals surface area contributed by atoms with Crippen molar-refractivity contribution < 1.29 is 33.3 Å². The van der Waals surface area contributed by atoms with Gasteiger partial charge in [0.25, 0.3) is 11.8 Å². The molecular formula is C31H30BrIN2O7. The lowest BCUT2D eigenvalue weighted by molar-refractivity contribution is -0.130. The molecule has 0 aliphatic carbocycles. The van der Waals surface area contributed by atoms with Crippen LogP contribution in [0.1, 0.15) is 37.0 Å². The van der Waals surface area contributed by atoms with Gasteiger partial charge in [-0.05, 0) is 95.1 Å². The molecule has 3 aromatic rings. The normalized spacial score (nSPS) is 14.2. The van der Waals surface area contributed by atoms with E-state index in [0.29, 0.717) is 53.9 Å². The monoisotopic (exact) mass is 748 g/mol. The zero-order valence-corrected chi connectivity index (χ0v) is 27.1. The molecule has 1 fully saturated rings. The Morgan fingerprint density at radius 1 is 0.905 bits per heavy atom. The van der Waals surface area contributed by atoms with E-state index < -0.39 is 17.8 Å². The number of urea groups is 1. The summed E-state index contributed by atoms with van der Waals surface area (Å²) in [5, 5.41) is 2.27. The molecule has 42 heavy (non-hydrogen) atoms. The van der Waals surface area contributed by atoms with Crippen LogP contribution in [0, 0.1) is 3.57 Å². The molecule has 4 rings (SSSR count). The predicted octanol–water partition coefficient (Wildman–Crippen LogP) is 6.49. The summed E-state index contributed by atoms with van der Waals surface area (Å²) in [6.07, 6.45) is 2.28. The molecule has 0 spiro atoms. The molecule has 1 aliphatic heterocycles. The summed E-state index contributed by atoms with van der Waals surface area (Å²) in [4.78, 5) is 39.9. The Bertz CT molecular complexity index is 1510. The van der Waals surface area contributed by atoms with Crippen LogP contribution in [0.3, 0.4) is 0 Å². The first-order valence-electron chi connectivity index (χ1n) is 13.3. The number of nitrogens with zero attached hydrogens (tertiary/aromatic N) is 1. The summed E-state index contributed by atoms with van der Waals surface area (Å²) < 4.78 is 24.7. The van der Waals surface area contributed by atoms with E-state index in [4.69, 9.17) is 18.9 Å². The number of barbiturate groups is 1. The fraction of sp³-hybridized carbons (Fsp3) is 0.258. The van der Waals surface area contributed by atoms with Gasteiger partial charge >= 0.3 is 6.03 Å². The van der Waals surface area contributed by atoms with E-state index in [0.717, 1.165) is 24.9 Å². The minimum Gasteiger partial charge on any atom is -0.493 e. The molecule has 1 aliphatic rings. The van der Waals surface area contributed by atoms with Gasteiger partial charge in [-0.25, -0.2) is 4.79 Å². The van der Waals surface area contributed by atoms with E-state index >= 15 is 0 Å². The van der Waals surface area contributed by atoms with Gasteiger partial charge < -0.3 is 18.9 Å². The molecule has 11 heteroatoms. The molecule has 0 bridgehead atoms. The lowest BCUT2D eigenvalue weighted by atomic mass is 10.1. The van der Waals surface area contributed by atoms with E-state index in [-0.39, 0.29) is 12.1 Å². The number of amides is 4. The summed E-state index contributed by atoms with van der Waals surface area (Å²) >= 11 is 5.54. The largest absolute Gasteiger partial charge is 0.493 e. The number of methoxy groups -OCH3 is 1. The topological polar surface area (TPSA) is 103 Å². The highest BCUT2D eigenvalue weighted by Crippen LogP contribution is 2.36. The number of nitrogens with one attached hydrogen (secondary N) is 1. The van der Waals surface area contributed by atoms with Gasteiger partial charge in [0.1, 0.15) is 12.2 Å². The summed E-state index contributed by atoms with van der Waals surface area (Å²) in [5.74, 6) is 0.596. The standard InChI is InChI=1S/C31H30BrIN2O7/c1-4-12-41-25-11-8-20(15-26(25)40-5-2)17-35-30(37)23(29(36)34-31(35)38)13-21-14-24(33)28(27(16-21)39-3)42-18-19-6-9-22(32)10-7-19/h6-11,13-16H,4-5,12,17-18H2,1-3H3,(H,34,36,38)/b23-13+. The van der Waals surface area contributed by atoms with Crippen molar-refractivity contribution in [1.29, 1.82) is 0 Å². The van der Waals surface area contributed by atoms with Gasteiger partial charge in [-0.15, -0.1) is 0 Å². The van der Waals surface area contributed by atoms with Crippen LogP contribution in [0.4, 0.5) is 4.79 Å². The van der Waals surface area contributed by atoms with Crippen molar-refractivity contribution in [2.45, 2.75) is 33.4 Å². The number of carbonyl (C=O) groups is 3. The van der Waals surface area contributed by atoms with Crippen molar-refractivity contribution in [3.63, 3.8) is 0 Å². The van der Waals surface area contributed by atoms with Crippen molar-refractivity contribution in [3.05, 3.63) is 84.9 Å². The molecule has 0 aromatic heterocycles. The number of imide groups is 2. The zero-order chi connectivity index (χ0) is 30.2. The lowest BCUT2D eigenvalue weighted by Crippen LogP contribution is -2.53. The van der Waals surface area contributed by atoms with Gasteiger partial charge in [0, 0.05) is 4.47 Å². The summed E-state index contributed by atoms with van der Waals surface area (Å²) in [5.41, 5.74) is 1.98. The van der Waals surface area contributed by atoms with Gasteiger partial charge in [0.15, 0.2) is 23.0 Å². The fourth-order valence-corrected chi connectivity index (χ4v) is 5.18. The first-order valence-corrected chi connectivity index (χ1v) is 15.1. The third-order valence-corrected chi connectivity index (χ3v) is 7.49. The van der Waals surface area contributed by atoms with Gasteiger partial charge in [-0.1, -0.05) is 41.1 Å². The Hall–Kier alpha value is -3.58. The average Bonchev–Trinajstić information content (AvgIpc) is 2.97. The van der Waals surface area contributed by atoms with Gasteiger partial charge in [-0.2, -0.15) is 0 Å². The zero-order valence-electron chi connectivity index (χ0n) is 23.4. The van der Waals surface area contributed by atoms with Crippen LogP contribution in [0.5, 0.6) is 23.0 Å². The molecule has 3 aromatic carbocycles. The SMILES string of the molecule is CCCOc1ccc(CN2C(=O)NC(=O)/C(=C\c3cc(I)c(OCc4ccc(Br)cc4)c(OC)c3)C2=O)cc1OCC. The first kappa shape index (κ1) is 31.4. The summed E-state index contributed by atoms with van der Waals surface area (Å²) in [6.45, 7) is 5.09. The van der Waals surface area contributed by atoms with Crippen LogP contribution in [0.15, 0.2) is 64.6 Å². The van der Waals surface area contributed by atoms with Crippen LogP contribution in [0.25, 0.3) is 6.08 Å². The Labute approximate surface area is 266 Å². The van der Waals surface area contributed by atoms with E-state index in [1.165, 1.54) is 13.2 Å². The molecule has 4 amide bonds. The van der Waals surface area contributed by atoms with Crippen molar-refractivity contribution in [2.75, 3.05) is 20.3 Å². The quantitative estimate of drug-likeness (QED) is 0.128.